The summed E-state index contributed by atoms with van der Waals surface area (Å²) < 4.78 is 13.5. The molecule has 0 aliphatic carbocycles. The minimum absolute atomic E-state index is 0.0127. The van der Waals surface area contributed by atoms with Gasteiger partial charge in [-0.25, -0.2) is 0 Å². The third kappa shape index (κ3) is 7.65. The second-order valence-electron chi connectivity index (χ2n) is 14.4. The fourth-order valence-electron chi connectivity index (χ4n) is 7.97. The van der Waals surface area contributed by atoms with Crippen LogP contribution in [0.3, 0.4) is 0 Å². The minimum Gasteiger partial charge on any atom is -0.392 e. The second-order valence-corrected chi connectivity index (χ2v) is 14.4. The van der Waals surface area contributed by atoms with E-state index in [9.17, 15) is 14.7 Å². The van der Waals surface area contributed by atoms with E-state index in [1.165, 1.54) is 0 Å². The smallest absolute Gasteiger partial charge is 0.253 e. The van der Waals surface area contributed by atoms with Crippen molar-refractivity contribution in [3.8, 4) is 11.1 Å². The van der Waals surface area contributed by atoms with Gasteiger partial charge in [-0.2, -0.15) is 0 Å². The van der Waals surface area contributed by atoms with Gasteiger partial charge in [0.1, 0.15) is 5.54 Å². The van der Waals surface area contributed by atoms with E-state index in [2.05, 4.69) is 61.8 Å². The molecule has 3 N–H and O–H groups in total. The molecule has 10 nitrogen and oxygen atoms in total. The lowest BCUT2D eigenvalue weighted by Crippen LogP contribution is -2.57. The largest absolute Gasteiger partial charge is 0.392 e. The average Bonchev–Trinajstić information content (AvgIpc) is 3.55. The monoisotopic (exact) mass is 723 g/mol. The van der Waals surface area contributed by atoms with Crippen molar-refractivity contribution < 1.29 is 24.2 Å². The zero-order valence-corrected chi connectivity index (χ0v) is 30.1. The number of carbonyl (C=O) groups is 2. The van der Waals surface area contributed by atoms with Crippen molar-refractivity contribution in [2.24, 2.45) is 0 Å². The van der Waals surface area contributed by atoms with Crippen LogP contribution < -0.4 is 15.5 Å². The number of piperidine rings is 1. The molecule has 1 spiro atoms. The molecule has 276 valence electrons. The molecule has 54 heavy (non-hydrogen) atoms. The van der Waals surface area contributed by atoms with Crippen molar-refractivity contribution in [1.29, 1.82) is 0 Å². The predicted molar refractivity (Wildman–Crippen MR) is 206 cm³/mol. The first-order chi connectivity index (χ1) is 26.5. The van der Waals surface area contributed by atoms with E-state index in [4.69, 9.17) is 9.47 Å². The van der Waals surface area contributed by atoms with Crippen molar-refractivity contribution >= 4 is 17.5 Å². The summed E-state index contributed by atoms with van der Waals surface area (Å²) in [5.74, 6) is -0.0564. The summed E-state index contributed by atoms with van der Waals surface area (Å²) in [6, 6.07) is 38.1. The Bertz CT molecular complexity index is 2050. The van der Waals surface area contributed by atoms with Crippen molar-refractivity contribution in [3.05, 3.63) is 155 Å². The number of benzene rings is 4. The van der Waals surface area contributed by atoms with Gasteiger partial charge in [-0.1, -0.05) is 78.9 Å². The number of nitrogens with one attached hydrogen (secondary N) is 2. The fourth-order valence-corrected chi connectivity index (χ4v) is 7.97. The zero-order valence-electron chi connectivity index (χ0n) is 30.1. The number of aliphatic hydroxyl groups is 1. The molecule has 3 unspecified atom stereocenters. The molecule has 3 saturated heterocycles. The van der Waals surface area contributed by atoms with Gasteiger partial charge in [-0.3, -0.25) is 14.6 Å². The predicted octanol–water partition coefficient (Wildman–Crippen LogP) is 6.14. The average molecular weight is 724 g/mol. The number of anilines is 1. The second kappa shape index (κ2) is 15.9. The lowest BCUT2D eigenvalue weighted by Gasteiger charge is -2.45. The standard InChI is InChI=1S/C44H45N5O5/c50-29-31-14-16-33(17-15-31)40-25-39(28-48-21-18-44(19-22-48)43(52)47-30-49(44)38-12-2-1-3-13-38)53-42(54-40)36-10-5-9-35(24-36)34-8-4-7-32(23-34)26-46-41(51)37-11-6-20-45-27-37/h1-17,20,23-24,27,39-40,42,50H,18-19,21-22,25-26,28-30H2,(H,46,51)(H,47,52). The first-order valence-electron chi connectivity index (χ1n) is 18.7. The summed E-state index contributed by atoms with van der Waals surface area (Å²) in [4.78, 5) is 34.6. The first kappa shape index (κ1) is 35.6. The van der Waals surface area contributed by atoms with Crippen molar-refractivity contribution in [2.45, 2.75) is 56.5 Å². The maximum atomic E-state index is 13.3. The normalized spacial score (nSPS) is 21.2. The van der Waals surface area contributed by atoms with Crippen LogP contribution in [0.15, 0.2) is 128 Å². The number of para-hydroxylation sites is 1. The molecule has 0 saturated carbocycles. The third-order valence-corrected chi connectivity index (χ3v) is 11.0. The molecule has 3 aliphatic rings. The third-order valence-electron chi connectivity index (χ3n) is 11.0. The highest BCUT2D eigenvalue weighted by atomic mass is 16.7. The number of likely N-dealkylation sites (tertiary alicyclic amines) is 1. The molecule has 0 radical (unpaired) electrons. The number of pyridine rings is 1. The Morgan fingerprint density at radius 2 is 1.63 bits per heavy atom. The van der Waals surface area contributed by atoms with Crippen LogP contribution in [-0.4, -0.2) is 64.8 Å². The molecule has 2 amide bonds. The number of aliphatic hydroxyl groups excluding tert-OH is 1. The summed E-state index contributed by atoms with van der Waals surface area (Å²) in [6.07, 6.45) is 4.44. The lowest BCUT2D eigenvalue weighted by molar-refractivity contribution is -0.253. The highest BCUT2D eigenvalue weighted by Gasteiger charge is 2.50. The number of nitrogens with zero attached hydrogens (tertiary/aromatic N) is 3. The number of carbonyl (C=O) groups excluding carboxylic acids is 2. The molecule has 5 aromatic rings. The van der Waals surface area contributed by atoms with Crippen molar-refractivity contribution in [1.82, 2.24) is 20.5 Å². The van der Waals surface area contributed by atoms with Crippen LogP contribution in [0, 0.1) is 0 Å². The summed E-state index contributed by atoms with van der Waals surface area (Å²) in [7, 11) is 0. The summed E-state index contributed by atoms with van der Waals surface area (Å²) in [6.45, 7) is 3.19. The highest BCUT2D eigenvalue weighted by Crippen LogP contribution is 2.41. The number of rotatable bonds is 10. The topological polar surface area (TPSA) is 116 Å². The van der Waals surface area contributed by atoms with E-state index >= 15 is 0 Å². The molecule has 4 aromatic carbocycles. The number of amides is 2. The van der Waals surface area contributed by atoms with Crippen molar-refractivity contribution in [2.75, 3.05) is 31.2 Å². The van der Waals surface area contributed by atoms with Gasteiger partial charge in [0.25, 0.3) is 5.91 Å². The molecule has 10 heteroatoms. The molecule has 0 bridgehead atoms. The lowest BCUT2D eigenvalue weighted by atomic mass is 9.85. The SMILES string of the molecule is O=C(NCc1cccc(-c2cccc(C3OC(CN4CCC5(CC4)C(=O)NCN5c4ccccc4)CC(c4ccc(CO)cc4)O3)c2)c1)c1cccnc1. The Labute approximate surface area is 315 Å². The minimum atomic E-state index is -0.599. The highest BCUT2D eigenvalue weighted by molar-refractivity contribution is 5.94. The Hall–Kier alpha value is -5.39. The van der Waals surface area contributed by atoms with Gasteiger partial charge in [0, 0.05) is 56.2 Å². The first-order valence-corrected chi connectivity index (χ1v) is 18.7. The molecular formula is C44H45N5O5. The van der Waals surface area contributed by atoms with E-state index in [1.807, 2.05) is 66.7 Å². The van der Waals surface area contributed by atoms with Gasteiger partial charge in [-0.15, -0.1) is 0 Å². The van der Waals surface area contributed by atoms with Gasteiger partial charge < -0.3 is 35.0 Å². The number of hydrogen-bond donors (Lipinski definition) is 3. The van der Waals surface area contributed by atoms with E-state index < -0.39 is 11.8 Å². The number of hydrogen-bond acceptors (Lipinski definition) is 8. The zero-order chi connectivity index (χ0) is 36.9. The van der Waals surface area contributed by atoms with Crippen LogP contribution >= 0.6 is 0 Å². The number of ether oxygens (including phenoxy) is 2. The maximum absolute atomic E-state index is 13.3. The van der Waals surface area contributed by atoms with Gasteiger partial charge in [0.15, 0.2) is 6.29 Å². The Morgan fingerprint density at radius 1 is 0.852 bits per heavy atom. The van der Waals surface area contributed by atoms with Gasteiger partial charge in [0.2, 0.25) is 5.91 Å². The molecule has 8 rings (SSSR count). The summed E-state index contributed by atoms with van der Waals surface area (Å²) >= 11 is 0. The van der Waals surface area contributed by atoms with Gasteiger partial charge in [-0.05, 0) is 77.1 Å². The van der Waals surface area contributed by atoms with Crippen LogP contribution in [0.2, 0.25) is 0 Å². The van der Waals surface area contributed by atoms with E-state index in [1.54, 1.807) is 24.5 Å². The molecule has 3 atom stereocenters. The van der Waals surface area contributed by atoms with Crippen molar-refractivity contribution in [3.63, 3.8) is 0 Å². The number of aromatic nitrogens is 1. The van der Waals surface area contributed by atoms with E-state index in [0.29, 0.717) is 25.2 Å². The van der Waals surface area contributed by atoms with Crippen LogP contribution in [-0.2, 0) is 27.4 Å². The maximum Gasteiger partial charge on any atom is 0.253 e. The van der Waals surface area contributed by atoms with Gasteiger partial charge >= 0.3 is 0 Å². The Kier molecular flexibility index (Phi) is 10.5. The molecule has 1 aromatic heterocycles. The van der Waals surface area contributed by atoms with Gasteiger partial charge in [0.05, 0.1) is 31.0 Å². The quantitative estimate of drug-likeness (QED) is 0.157. The Balaban J connectivity index is 0.983. The van der Waals surface area contributed by atoms with Crippen LogP contribution in [0.4, 0.5) is 5.69 Å². The molecule has 3 aliphatic heterocycles. The van der Waals surface area contributed by atoms with Crippen LogP contribution in [0.25, 0.3) is 11.1 Å². The Morgan fingerprint density at radius 3 is 2.39 bits per heavy atom. The molecular weight excluding hydrogens is 679 g/mol. The summed E-state index contributed by atoms with van der Waals surface area (Å²) in [5.41, 5.74) is 6.89. The molecule has 3 fully saturated rings. The molecule has 4 heterocycles. The van der Waals surface area contributed by atoms with Crippen LogP contribution in [0.5, 0.6) is 0 Å². The van der Waals surface area contributed by atoms with Crippen LogP contribution in [0.1, 0.15) is 64.3 Å². The van der Waals surface area contributed by atoms with E-state index in [-0.39, 0.29) is 30.6 Å². The van der Waals surface area contributed by atoms with E-state index in [0.717, 1.165) is 71.5 Å². The summed E-state index contributed by atoms with van der Waals surface area (Å²) in [5, 5.41) is 15.8. The fraction of sp³-hybridized carbons (Fsp3) is 0.295.